The van der Waals surface area contributed by atoms with Crippen LogP contribution in [-0.2, 0) is 9.84 Å². The van der Waals surface area contributed by atoms with Gasteiger partial charge < -0.3 is 10.1 Å². The minimum Gasteiger partial charge on any atom is -0.490 e. The second-order valence-electron chi connectivity index (χ2n) is 7.66. The van der Waals surface area contributed by atoms with Gasteiger partial charge >= 0.3 is 0 Å². The molecule has 1 spiro atoms. The average molecular weight is 424 g/mol. The molecule has 0 saturated heterocycles. The summed E-state index contributed by atoms with van der Waals surface area (Å²) < 4.78 is 32.9. The number of benzene rings is 2. The molecule has 2 aromatic carbocycles. The van der Waals surface area contributed by atoms with Crippen LogP contribution in [-0.4, -0.2) is 29.7 Å². The van der Waals surface area contributed by atoms with Gasteiger partial charge in [0.15, 0.2) is 9.84 Å². The summed E-state index contributed by atoms with van der Waals surface area (Å²) in [5, 5.41) is 4.16. The number of hydrogen-bond donors (Lipinski definition) is 1. The predicted molar refractivity (Wildman–Crippen MR) is 114 cm³/mol. The molecule has 29 heavy (non-hydrogen) atoms. The van der Waals surface area contributed by atoms with Gasteiger partial charge in [-0.3, -0.25) is 4.98 Å². The molecule has 1 aliphatic carbocycles. The molecule has 0 bridgehead atoms. The fourth-order valence-electron chi connectivity index (χ4n) is 4.18. The van der Waals surface area contributed by atoms with Crippen molar-refractivity contribution >= 4 is 53.7 Å². The summed E-state index contributed by atoms with van der Waals surface area (Å²) in [4.78, 5) is 9.07. The summed E-state index contributed by atoms with van der Waals surface area (Å²) >= 11 is 1.60. The molecule has 4 aromatic rings. The smallest absolute Gasteiger partial charge is 0.191 e. The molecular formula is C21H17N3O3S2. The number of nitrogens with zero attached hydrogens (tertiary/aromatic N) is 2. The summed E-state index contributed by atoms with van der Waals surface area (Å²) in [7, 11) is -3.44. The highest BCUT2D eigenvalue weighted by Gasteiger charge is 2.53. The first-order valence-corrected chi connectivity index (χ1v) is 11.8. The summed E-state index contributed by atoms with van der Waals surface area (Å²) in [5.74, 6) is 0.406. The molecule has 6 nitrogen and oxygen atoms in total. The van der Waals surface area contributed by atoms with E-state index in [2.05, 4.69) is 15.3 Å². The molecule has 1 aliphatic heterocycles. The van der Waals surface area contributed by atoms with E-state index in [-0.39, 0.29) is 11.5 Å². The third-order valence-electron chi connectivity index (χ3n) is 6.03. The van der Waals surface area contributed by atoms with Gasteiger partial charge in [-0.1, -0.05) is 0 Å². The highest BCUT2D eigenvalue weighted by atomic mass is 32.2. The zero-order valence-corrected chi connectivity index (χ0v) is 17.0. The van der Waals surface area contributed by atoms with E-state index in [0.29, 0.717) is 24.1 Å². The monoisotopic (exact) mass is 423 g/mol. The zero-order chi connectivity index (χ0) is 19.6. The van der Waals surface area contributed by atoms with Crippen LogP contribution in [0.2, 0.25) is 0 Å². The van der Waals surface area contributed by atoms with Gasteiger partial charge in [-0.05, 0) is 49.6 Å². The van der Waals surface area contributed by atoms with Gasteiger partial charge in [-0.15, -0.1) is 11.3 Å². The highest BCUT2D eigenvalue weighted by Crippen LogP contribution is 2.49. The van der Waals surface area contributed by atoms with Crippen LogP contribution in [0.5, 0.6) is 5.75 Å². The number of rotatable bonds is 2. The van der Waals surface area contributed by atoms with Crippen LogP contribution in [0, 0.1) is 0 Å². The van der Waals surface area contributed by atoms with E-state index >= 15 is 0 Å². The quantitative estimate of drug-likeness (QED) is 0.504. The van der Waals surface area contributed by atoms with Gasteiger partial charge in [-0.2, -0.15) is 0 Å². The number of hydrogen-bond acceptors (Lipinski definition) is 7. The van der Waals surface area contributed by atoms with Crippen LogP contribution in [0.25, 0.3) is 21.1 Å². The van der Waals surface area contributed by atoms with Crippen molar-refractivity contribution in [1.82, 2.24) is 9.97 Å². The van der Waals surface area contributed by atoms with Crippen molar-refractivity contribution in [3.63, 3.8) is 0 Å². The largest absolute Gasteiger partial charge is 0.490 e. The summed E-state index contributed by atoms with van der Waals surface area (Å²) in [5.41, 5.74) is 5.14. The Morgan fingerprint density at radius 3 is 2.79 bits per heavy atom. The molecule has 8 heteroatoms. The second kappa shape index (κ2) is 5.90. The SMILES string of the molecule is O=S1(=O)c2cc3c(Nc4ccc5scnc5c4)ccnc3cc2OCC12CCC2. The van der Waals surface area contributed by atoms with E-state index in [0.717, 1.165) is 33.4 Å². The Hall–Kier alpha value is -2.71. The minimum atomic E-state index is -3.44. The number of fused-ring (bicyclic) bond motifs is 3. The Bertz CT molecular complexity index is 1390. The number of nitrogens with one attached hydrogen (secondary N) is 1. The third-order valence-corrected chi connectivity index (χ3v) is 9.41. The number of sulfone groups is 1. The first-order chi connectivity index (χ1) is 14.1. The Morgan fingerprint density at radius 1 is 1.07 bits per heavy atom. The lowest BCUT2D eigenvalue weighted by Crippen LogP contribution is -2.52. The lowest BCUT2D eigenvalue weighted by molar-refractivity contribution is 0.185. The fourth-order valence-corrected chi connectivity index (χ4v) is 7.00. The van der Waals surface area contributed by atoms with Gasteiger partial charge in [0.05, 0.1) is 21.2 Å². The Kier molecular flexibility index (Phi) is 3.49. The third kappa shape index (κ3) is 2.42. The lowest BCUT2D eigenvalue weighted by Gasteiger charge is -2.43. The van der Waals surface area contributed by atoms with Crippen molar-refractivity contribution in [3.8, 4) is 5.75 Å². The number of ether oxygens (including phenoxy) is 1. The molecule has 2 aromatic heterocycles. The summed E-state index contributed by atoms with van der Waals surface area (Å²) in [6.45, 7) is 0.236. The van der Waals surface area contributed by atoms with Crippen LogP contribution in [0.4, 0.5) is 11.4 Å². The molecule has 0 unspecified atom stereocenters. The van der Waals surface area contributed by atoms with E-state index in [1.807, 2.05) is 29.8 Å². The number of thiazole rings is 1. The van der Waals surface area contributed by atoms with Gasteiger partial charge in [0.2, 0.25) is 0 Å². The fraction of sp³-hybridized carbons (Fsp3) is 0.238. The number of pyridine rings is 1. The summed E-state index contributed by atoms with van der Waals surface area (Å²) in [6, 6.07) is 11.3. The number of anilines is 2. The van der Waals surface area contributed by atoms with Gasteiger partial charge in [-0.25, -0.2) is 13.4 Å². The van der Waals surface area contributed by atoms with Crippen molar-refractivity contribution in [3.05, 3.63) is 48.1 Å². The van der Waals surface area contributed by atoms with E-state index in [1.165, 1.54) is 0 Å². The summed E-state index contributed by atoms with van der Waals surface area (Å²) in [6.07, 6.45) is 3.97. The van der Waals surface area contributed by atoms with E-state index in [9.17, 15) is 8.42 Å². The number of aromatic nitrogens is 2. The molecule has 1 N–H and O–H groups in total. The van der Waals surface area contributed by atoms with Gasteiger partial charge in [0, 0.05) is 29.0 Å². The molecule has 1 saturated carbocycles. The predicted octanol–water partition coefficient (Wildman–Crippen LogP) is 4.68. The second-order valence-corrected chi connectivity index (χ2v) is 10.9. The first kappa shape index (κ1) is 17.2. The first-order valence-electron chi connectivity index (χ1n) is 9.46. The molecule has 6 rings (SSSR count). The maximum Gasteiger partial charge on any atom is 0.191 e. The Balaban J connectivity index is 1.49. The molecule has 0 atom stereocenters. The topological polar surface area (TPSA) is 81.2 Å². The highest BCUT2D eigenvalue weighted by molar-refractivity contribution is 7.93. The molecule has 3 heterocycles. The van der Waals surface area contributed by atoms with Crippen LogP contribution in [0.1, 0.15) is 19.3 Å². The lowest BCUT2D eigenvalue weighted by atomic mass is 9.85. The van der Waals surface area contributed by atoms with Gasteiger partial charge in [0.25, 0.3) is 0 Å². The van der Waals surface area contributed by atoms with Gasteiger partial charge in [0.1, 0.15) is 22.0 Å². The zero-order valence-electron chi connectivity index (χ0n) is 15.4. The Morgan fingerprint density at radius 2 is 1.97 bits per heavy atom. The maximum absolute atomic E-state index is 13.3. The Labute approximate surface area is 171 Å². The standard InChI is InChI=1S/C21H17N3O3S2/c25-29(26)20-9-14-15(24-13-2-3-19-17(8-13)23-12-28-19)4-7-22-16(14)10-18(20)27-11-21(29)5-1-6-21/h2-4,7-10,12H,1,5-6,11H2,(H,22,24). The molecule has 146 valence electrons. The molecule has 0 radical (unpaired) electrons. The van der Waals surface area contributed by atoms with Crippen LogP contribution < -0.4 is 10.1 Å². The molecule has 2 aliphatic rings. The van der Waals surface area contributed by atoms with Crippen LogP contribution in [0.3, 0.4) is 0 Å². The minimum absolute atomic E-state index is 0.236. The molecular weight excluding hydrogens is 406 g/mol. The van der Waals surface area contributed by atoms with Crippen LogP contribution in [0.15, 0.2) is 53.0 Å². The van der Waals surface area contributed by atoms with Crippen molar-refractivity contribution in [2.45, 2.75) is 28.9 Å². The van der Waals surface area contributed by atoms with E-state index in [4.69, 9.17) is 4.74 Å². The molecule has 0 amide bonds. The maximum atomic E-state index is 13.3. The average Bonchev–Trinajstić information content (AvgIpc) is 3.14. The van der Waals surface area contributed by atoms with E-state index < -0.39 is 14.6 Å². The van der Waals surface area contributed by atoms with Crippen LogP contribution >= 0.6 is 11.3 Å². The molecule has 1 fully saturated rings. The van der Waals surface area contributed by atoms with Crippen molar-refractivity contribution in [2.75, 3.05) is 11.9 Å². The van der Waals surface area contributed by atoms with E-state index in [1.54, 1.807) is 29.7 Å². The van der Waals surface area contributed by atoms with Crippen molar-refractivity contribution < 1.29 is 13.2 Å². The van der Waals surface area contributed by atoms with Crippen molar-refractivity contribution in [1.29, 1.82) is 0 Å². The van der Waals surface area contributed by atoms with Crippen molar-refractivity contribution in [2.24, 2.45) is 0 Å². The normalized spacial score (nSPS) is 18.9.